The first-order valence-corrected chi connectivity index (χ1v) is 9.06. The summed E-state index contributed by atoms with van der Waals surface area (Å²) in [6.07, 6.45) is 2.74. The molecule has 3 aromatic rings. The van der Waals surface area contributed by atoms with E-state index in [1.165, 1.54) is 6.07 Å². The average molecular weight is 376 g/mol. The summed E-state index contributed by atoms with van der Waals surface area (Å²) in [7, 11) is 0. The normalized spacial score (nSPS) is 16.1. The number of pyridine rings is 2. The van der Waals surface area contributed by atoms with E-state index in [1.54, 1.807) is 18.3 Å². The van der Waals surface area contributed by atoms with Crippen LogP contribution in [0.25, 0.3) is 11.3 Å². The first-order valence-electron chi connectivity index (χ1n) is 9.06. The van der Waals surface area contributed by atoms with Crippen molar-refractivity contribution in [2.45, 2.75) is 19.1 Å². The Hall–Kier alpha value is -3.29. The Morgan fingerprint density at radius 2 is 2.07 bits per heavy atom. The van der Waals surface area contributed by atoms with Gasteiger partial charge in [-0.2, -0.15) is 0 Å². The standard InChI is InChI=1S/C21H20N4O3/c26-21(27)20-6-2-5-17(24-20)15-4-1-3-14(11-15)13-28-16-7-8-18(22-12-16)19-9-10-23-25-19/h1-8,11-12,19,23,25H,9-10,13H2,(H,26,27). The molecule has 7 heteroatoms. The molecule has 0 aliphatic carbocycles. The third-order valence-corrected chi connectivity index (χ3v) is 4.55. The molecule has 1 aliphatic rings. The summed E-state index contributed by atoms with van der Waals surface area (Å²) in [6, 6.07) is 16.8. The summed E-state index contributed by atoms with van der Waals surface area (Å²) in [5.74, 6) is -0.341. The molecule has 0 spiro atoms. The van der Waals surface area contributed by atoms with Crippen molar-refractivity contribution in [2.75, 3.05) is 6.54 Å². The van der Waals surface area contributed by atoms with Crippen LogP contribution < -0.4 is 15.6 Å². The van der Waals surface area contributed by atoms with Crippen LogP contribution in [0.15, 0.2) is 60.8 Å². The van der Waals surface area contributed by atoms with Crippen molar-refractivity contribution in [3.63, 3.8) is 0 Å². The Labute approximate surface area is 162 Å². The highest BCUT2D eigenvalue weighted by Gasteiger charge is 2.16. The Kier molecular flexibility index (Phi) is 5.27. The van der Waals surface area contributed by atoms with Crippen molar-refractivity contribution in [3.05, 3.63) is 77.7 Å². The number of hydrazine groups is 1. The van der Waals surface area contributed by atoms with E-state index < -0.39 is 5.97 Å². The molecule has 0 radical (unpaired) electrons. The van der Waals surface area contributed by atoms with Gasteiger partial charge in [0, 0.05) is 12.1 Å². The molecule has 0 saturated carbocycles. The Morgan fingerprint density at radius 1 is 1.18 bits per heavy atom. The number of carboxylic acids is 1. The number of hydrogen-bond donors (Lipinski definition) is 3. The lowest BCUT2D eigenvalue weighted by atomic mass is 10.1. The van der Waals surface area contributed by atoms with Gasteiger partial charge >= 0.3 is 5.97 Å². The molecule has 0 bridgehead atoms. The minimum Gasteiger partial charge on any atom is -0.487 e. The monoisotopic (exact) mass is 376 g/mol. The van der Waals surface area contributed by atoms with Crippen LogP contribution in [0, 0.1) is 0 Å². The van der Waals surface area contributed by atoms with Crippen molar-refractivity contribution in [2.24, 2.45) is 0 Å². The van der Waals surface area contributed by atoms with Gasteiger partial charge < -0.3 is 9.84 Å². The van der Waals surface area contributed by atoms with E-state index in [0.29, 0.717) is 18.1 Å². The van der Waals surface area contributed by atoms with Crippen LogP contribution >= 0.6 is 0 Å². The molecular weight excluding hydrogens is 356 g/mol. The molecule has 1 aromatic carbocycles. The van der Waals surface area contributed by atoms with E-state index >= 15 is 0 Å². The maximum absolute atomic E-state index is 11.1. The van der Waals surface area contributed by atoms with E-state index in [9.17, 15) is 4.79 Å². The van der Waals surface area contributed by atoms with Gasteiger partial charge in [-0.1, -0.05) is 24.3 Å². The molecule has 3 heterocycles. The van der Waals surface area contributed by atoms with Crippen molar-refractivity contribution < 1.29 is 14.6 Å². The van der Waals surface area contributed by atoms with E-state index in [-0.39, 0.29) is 11.7 Å². The molecule has 28 heavy (non-hydrogen) atoms. The van der Waals surface area contributed by atoms with Crippen LogP contribution in [0.4, 0.5) is 0 Å². The average Bonchev–Trinajstić information content (AvgIpc) is 3.28. The third kappa shape index (κ3) is 4.16. The fourth-order valence-electron chi connectivity index (χ4n) is 3.09. The Morgan fingerprint density at radius 3 is 2.82 bits per heavy atom. The second-order valence-corrected chi connectivity index (χ2v) is 6.53. The SMILES string of the molecule is O=C(O)c1cccc(-c2cccc(COc3ccc(C4CCNN4)nc3)c2)n1. The summed E-state index contributed by atoms with van der Waals surface area (Å²) in [5.41, 5.74) is 9.73. The first kappa shape index (κ1) is 18.1. The number of rotatable bonds is 6. The van der Waals surface area contributed by atoms with Crippen molar-refractivity contribution >= 4 is 5.97 Å². The number of ether oxygens (including phenoxy) is 1. The molecule has 2 aromatic heterocycles. The predicted octanol–water partition coefficient (Wildman–Crippen LogP) is 2.96. The fourth-order valence-corrected chi connectivity index (χ4v) is 3.09. The van der Waals surface area contributed by atoms with Gasteiger partial charge in [0.05, 0.1) is 23.6 Å². The van der Waals surface area contributed by atoms with E-state index in [4.69, 9.17) is 9.84 Å². The summed E-state index contributed by atoms with van der Waals surface area (Å²) in [5, 5.41) is 9.11. The third-order valence-electron chi connectivity index (χ3n) is 4.55. The molecule has 1 unspecified atom stereocenters. The van der Waals surface area contributed by atoms with Crippen LogP contribution in [0.2, 0.25) is 0 Å². The number of hydrogen-bond acceptors (Lipinski definition) is 6. The van der Waals surface area contributed by atoms with Crippen LogP contribution in [0.5, 0.6) is 5.75 Å². The lowest BCUT2D eigenvalue weighted by Crippen LogP contribution is -2.25. The van der Waals surface area contributed by atoms with Gasteiger partial charge in [0.2, 0.25) is 0 Å². The van der Waals surface area contributed by atoms with Crippen molar-refractivity contribution in [3.8, 4) is 17.0 Å². The minimum absolute atomic E-state index is 0.0252. The van der Waals surface area contributed by atoms with Crippen LogP contribution in [0.3, 0.4) is 0 Å². The molecule has 7 nitrogen and oxygen atoms in total. The zero-order valence-electron chi connectivity index (χ0n) is 15.1. The van der Waals surface area contributed by atoms with Crippen LogP contribution in [-0.2, 0) is 6.61 Å². The Bertz CT molecular complexity index is 969. The van der Waals surface area contributed by atoms with Gasteiger partial charge in [0.15, 0.2) is 0 Å². The molecule has 142 valence electrons. The fraction of sp³-hybridized carbons (Fsp3) is 0.190. The molecule has 1 aliphatic heterocycles. The second-order valence-electron chi connectivity index (χ2n) is 6.53. The highest BCUT2D eigenvalue weighted by molar-refractivity contribution is 5.86. The maximum atomic E-state index is 11.1. The highest BCUT2D eigenvalue weighted by Crippen LogP contribution is 2.22. The number of aromatic nitrogens is 2. The number of carbonyl (C=O) groups is 1. The molecule has 3 N–H and O–H groups in total. The molecule has 0 amide bonds. The number of benzene rings is 1. The molecule has 1 atom stereocenters. The Balaban J connectivity index is 1.43. The van der Waals surface area contributed by atoms with Crippen molar-refractivity contribution in [1.82, 2.24) is 20.8 Å². The van der Waals surface area contributed by atoms with Gasteiger partial charge in [-0.25, -0.2) is 15.2 Å². The summed E-state index contributed by atoms with van der Waals surface area (Å²) in [4.78, 5) is 19.8. The second kappa shape index (κ2) is 8.16. The summed E-state index contributed by atoms with van der Waals surface area (Å²) < 4.78 is 5.85. The van der Waals surface area contributed by atoms with Gasteiger partial charge in [-0.05, 0) is 42.3 Å². The summed E-state index contributed by atoms with van der Waals surface area (Å²) in [6.45, 7) is 1.32. The zero-order chi connectivity index (χ0) is 19.3. The lowest BCUT2D eigenvalue weighted by Gasteiger charge is -2.11. The number of nitrogens with one attached hydrogen (secondary N) is 2. The smallest absolute Gasteiger partial charge is 0.354 e. The van der Waals surface area contributed by atoms with Crippen molar-refractivity contribution in [1.29, 1.82) is 0 Å². The van der Waals surface area contributed by atoms with Gasteiger partial charge in [-0.3, -0.25) is 10.4 Å². The predicted molar refractivity (Wildman–Crippen MR) is 104 cm³/mol. The molecule has 4 rings (SSSR count). The molecule has 1 saturated heterocycles. The minimum atomic E-state index is -1.04. The zero-order valence-corrected chi connectivity index (χ0v) is 15.1. The van der Waals surface area contributed by atoms with E-state index in [2.05, 4.69) is 20.8 Å². The lowest BCUT2D eigenvalue weighted by molar-refractivity contribution is 0.0690. The number of carboxylic acid groups (broad SMARTS) is 1. The van der Waals surface area contributed by atoms with Gasteiger partial charge in [0.25, 0.3) is 0 Å². The largest absolute Gasteiger partial charge is 0.487 e. The maximum Gasteiger partial charge on any atom is 0.354 e. The molecule has 1 fully saturated rings. The van der Waals surface area contributed by atoms with Crippen LogP contribution in [0.1, 0.15) is 34.2 Å². The number of nitrogens with zero attached hydrogens (tertiary/aromatic N) is 2. The van der Waals surface area contributed by atoms with Crippen LogP contribution in [-0.4, -0.2) is 27.6 Å². The molecular formula is C21H20N4O3. The van der Waals surface area contributed by atoms with E-state index in [0.717, 1.165) is 29.8 Å². The highest BCUT2D eigenvalue weighted by atomic mass is 16.5. The quantitative estimate of drug-likeness (QED) is 0.609. The first-order chi connectivity index (χ1) is 13.7. The number of aromatic carboxylic acids is 1. The topological polar surface area (TPSA) is 96.4 Å². The van der Waals surface area contributed by atoms with E-state index in [1.807, 2.05) is 36.4 Å². The van der Waals surface area contributed by atoms with Gasteiger partial charge in [-0.15, -0.1) is 0 Å². The van der Waals surface area contributed by atoms with Gasteiger partial charge in [0.1, 0.15) is 18.1 Å². The summed E-state index contributed by atoms with van der Waals surface area (Å²) >= 11 is 0.